The molecule has 0 aliphatic carbocycles. The van der Waals surface area contributed by atoms with Crippen LogP contribution in [0.4, 0.5) is 0 Å². The Morgan fingerprint density at radius 3 is 1.59 bits per heavy atom. The first-order valence-corrected chi connectivity index (χ1v) is 7.23. The van der Waals surface area contributed by atoms with Crippen molar-refractivity contribution in [2.45, 2.75) is 65.6 Å². The lowest BCUT2D eigenvalue weighted by atomic mass is 9.63. The lowest BCUT2D eigenvalue weighted by Gasteiger charge is -2.46. The summed E-state index contributed by atoms with van der Waals surface area (Å²) in [6.45, 7) is 11.3. The van der Waals surface area contributed by atoms with E-state index in [9.17, 15) is 0 Å². The number of hydrogen-bond donors (Lipinski definition) is 0. The maximum Gasteiger partial charge on any atom is 0.0549 e. The second kappa shape index (κ2) is 5.27. The molecule has 0 aromatic rings. The van der Waals surface area contributed by atoms with E-state index in [1.54, 1.807) is 0 Å². The van der Waals surface area contributed by atoms with Crippen molar-refractivity contribution in [3.63, 3.8) is 0 Å². The summed E-state index contributed by atoms with van der Waals surface area (Å²) in [5.41, 5.74) is 0.441. The van der Waals surface area contributed by atoms with E-state index in [0.29, 0.717) is 17.6 Å². The standard InChI is InChI=1S/C15H28O2/c1-11-9-13(5-7-16-11)15(3,4)14-6-8-17-12(2)10-14/h11-14H,5-10H2,1-4H3. The Balaban J connectivity index is 2.00. The average Bonchev–Trinajstić information content (AvgIpc) is 2.29. The summed E-state index contributed by atoms with van der Waals surface area (Å²) in [4.78, 5) is 0. The third-order valence-electron chi connectivity index (χ3n) is 5.07. The zero-order chi connectivity index (χ0) is 12.5. The SMILES string of the molecule is CC1CC(C(C)(C)C2CCOC(C)C2)CCO1. The van der Waals surface area contributed by atoms with Crippen LogP contribution in [0.2, 0.25) is 0 Å². The molecule has 0 radical (unpaired) electrons. The molecule has 2 aliphatic rings. The Morgan fingerprint density at radius 2 is 1.24 bits per heavy atom. The summed E-state index contributed by atoms with van der Waals surface area (Å²) >= 11 is 0. The largest absolute Gasteiger partial charge is 0.378 e. The molecule has 0 aromatic heterocycles. The van der Waals surface area contributed by atoms with Crippen LogP contribution >= 0.6 is 0 Å². The molecule has 2 saturated heterocycles. The minimum atomic E-state index is 0.441. The van der Waals surface area contributed by atoms with Crippen LogP contribution in [0.25, 0.3) is 0 Å². The maximum atomic E-state index is 5.69. The molecular weight excluding hydrogens is 212 g/mol. The maximum absolute atomic E-state index is 5.69. The molecule has 100 valence electrons. The molecule has 4 atom stereocenters. The van der Waals surface area contributed by atoms with Gasteiger partial charge in [0.05, 0.1) is 12.2 Å². The smallest absolute Gasteiger partial charge is 0.0549 e. The fraction of sp³-hybridized carbons (Fsp3) is 1.00. The molecule has 0 aromatic carbocycles. The molecule has 2 heteroatoms. The van der Waals surface area contributed by atoms with Gasteiger partial charge in [0, 0.05) is 13.2 Å². The highest BCUT2D eigenvalue weighted by molar-refractivity contribution is 4.89. The van der Waals surface area contributed by atoms with Gasteiger partial charge in [-0.1, -0.05) is 13.8 Å². The third-order valence-corrected chi connectivity index (χ3v) is 5.07. The zero-order valence-electron chi connectivity index (χ0n) is 11.9. The van der Waals surface area contributed by atoms with E-state index < -0.39 is 0 Å². The quantitative estimate of drug-likeness (QED) is 0.733. The first kappa shape index (κ1) is 13.4. The molecule has 0 spiro atoms. The number of hydrogen-bond acceptors (Lipinski definition) is 2. The van der Waals surface area contributed by atoms with Crippen molar-refractivity contribution in [1.82, 2.24) is 0 Å². The van der Waals surface area contributed by atoms with Gasteiger partial charge in [-0.2, -0.15) is 0 Å². The van der Waals surface area contributed by atoms with E-state index in [1.165, 1.54) is 25.7 Å². The molecule has 2 heterocycles. The summed E-state index contributed by atoms with van der Waals surface area (Å²) in [5, 5.41) is 0. The van der Waals surface area contributed by atoms with Crippen molar-refractivity contribution in [3.05, 3.63) is 0 Å². The highest BCUT2D eigenvalue weighted by Gasteiger charge is 2.40. The fourth-order valence-corrected chi connectivity index (χ4v) is 3.68. The van der Waals surface area contributed by atoms with Crippen LogP contribution in [0.3, 0.4) is 0 Å². The lowest BCUT2D eigenvalue weighted by Crippen LogP contribution is -2.41. The van der Waals surface area contributed by atoms with Gasteiger partial charge in [0.1, 0.15) is 0 Å². The zero-order valence-corrected chi connectivity index (χ0v) is 11.9. The van der Waals surface area contributed by atoms with E-state index in [1.807, 2.05) is 0 Å². The molecule has 0 amide bonds. The summed E-state index contributed by atoms with van der Waals surface area (Å²) in [6, 6.07) is 0. The predicted octanol–water partition coefficient (Wildman–Crippen LogP) is 3.64. The van der Waals surface area contributed by atoms with Gasteiger partial charge in [-0.3, -0.25) is 0 Å². The molecule has 2 rings (SSSR count). The van der Waals surface area contributed by atoms with Gasteiger partial charge < -0.3 is 9.47 Å². The van der Waals surface area contributed by atoms with Gasteiger partial charge in [-0.15, -0.1) is 0 Å². The van der Waals surface area contributed by atoms with Crippen molar-refractivity contribution in [2.24, 2.45) is 17.3 Å². The molecular formula is C15H28O2. The minimum Gasteiger partial charge on any atom is -0.378 e. The van der Waals surface area contributed by atoms with Crippen molar-refractivity contribution in [2.75, 3.05) is 13.2 Å². The predicted molar refractivity (Wildman–Crippen MR) is 70.1 cm³/mol. The van der Waals surface area contributed by atoms with Gasteiger partial charge in [-0.25, -0.2) is 0 Å². The summed E-state index contributed by atoms with van der Waals surface area (Å²) < 4.78 is 11.4. The van der Waals surface area contributed by atoms with Crippen LogP contribution in [0, 0.1) is 17.3 Å². The summed E-state index contributed by atoms with van der Waals surface area (Å²) in [6.07, 6.45) is 5.85. The molecule has 17 heavy (non-hydrogen) atoms. The Kier molecular flexibility index (Phi) is 4.14. The second-order valence-corrected chi connectivity index (χ2v) is 6.63. The van der Waals surface area contributed by atoms with E-state index in [0.717, 1.165) is 25.0 Å². The van der Waals surface area contributed by atoms with Gasteiger partial charge in [0.15, 0.2) is 0 Å². The molecule has 2 nitrogen and oxygen atoms in total. The molecule has 0 N–H and O–H groups in total. The fourth-order valence-electron chi connectivity index (χ4n) is 3.68. The van der Waals surface area contributed by atoms with Crippen LogP contribution in [0.15, 0.2) is 0 Å². The van der Waals surface area contributed by atoms with Crippen molar-refractivity contribution >= 4 is 0 Å². The Hall–Kier alpha value is -0.0800. The Labute approximate surface area is 106 Å². The van der Waals surface area contributed by atoms with E-state index in [-0.39, 0.29) is 0 Å². The lowest BCUT2D eigenvalue weighted by molar-refractivity contribution is -0.0794. The molecule has 0 bridgehead atoms. The van der Waals surface area contributed by atoms with Crippen LogP contribution in [0.5, 0.6) is 0 Å². The Bertz CT molecular complexity index is 225. The molecule has 2 fully saturated rings. The monoisotopic (exact) mass is 240 g/mol. The topological polar surface area (TPSA) is 18.5 Å². The number of rotatable bonds is 2. The number of ether oxygens (including phenoxy) is 2. The highest BCUT2D eigenvalue weighted by atomic mass is 16.5. The van der Waals surface area contributed by atoms with Crippen LogP contribution in [-0.4, -0.2) is 25.4 Å². The van der Waals surface area contributed by atoms with Gasteiger partial charge in [-0.05, 0) is 56.8 Å². The van der Waals surface area contributed by atoms with Crippen LogP contribution in [0.1, 0.15) is 53.4 Å². The highest BCUT2D eigenvalue weighted by Crippen LogP contribution is 2.46. The summed E-state index contributed by atoms with van der Waals surface area (Å²) in [5.74, 6) is 1.64. The normalized spacial score (nSPS) is 40.2. The van der Waals surface area contributed by atoms with Gasteiger partial charge in [0.25, 0.3) is 0 Å². The first-order chi connectivity index (χ1) is 8.00. The Morgan fingerprint density at radius 1 is 0.824 bits per heavy atom. The van der Waals surface area contributed by atoms with Gasteiger partial charge in [0.2, 0.25) is 0 Å². The third kappa shape index (κ3) is 3.03. The molecule has 0 saturated carbocycles. The van der Waals surface area contributed by atoms with E-state index in [4.69, 9.17) is 9.47 Å². The van der Waals surface area contributed by atoms with Crippen molar-refractivity contribution in [3.8, 4) is 0 Å². The molecule has 4 unspecified atom stereocenters. The molecule has 2 aliphatic heterocycles. The van der Waals surface area contributed by atoms with Crippen molar-refractivity contribution < 1.29 is 9.47 Å². The van der Waals surface area contributed by atoms with E-state index in [2.05, 4.69) is 27.7 Å². The average molecular weight is 240 g/mol. The minimum absolute atomic E-state index is 0.441. The summed E-state index contributed by atoms with van der Waals surface area (Å²) in [7, 11) is 0. The van der Waals surface area contributed by atoms with E-state index >= 15 is 0 Å². The van der Waals surface area contributed by atoms with Crippen LogP contribution < -0.4 is 0 Å². The van der Waals surface area contributed by atoms with Crippen molar-refractivity contribution in [1.29, 1.82) is 0 Å². The second-order valence-electron chi connectivity index (χ2n) is 6.63. The van der Waals surface area contributed by atoms with Gasteiger partial charge >= 0.3 is 0 Å². The first-order valence-electron chi connectivity index (χ1n) is 7.23. The van der Waals surface area contributed by atoms with Crippen LogP contribution in [-0.2, 0) is 9.47 Å².